The summed E-state index contributed by atoms with van der Waals surface area (Å²) in [5.74, 6) is 0. The molecule has 5 N–H and O–H groups in total. The van der Waals surface area contributed by atoms with Gasteiger partial charge in [-0.05, 0) is 37.1 Å². The molecular formula is C23H26N2O5. The van der Waals surface area contributed by atoms with Crippen molar-refractivity contribution >= 4 is 16.6 Å². The number of fused-ring (bicyclic) bond motifs is 1. The Morgan fingerprint density at radius 2 is 1.83 bits per heavy atom. The van der Waals surface area contributed by atoms with Crippen molar-refractivity contribution in [1.82, 2.24) is 4.98 Å². The van der Waals surface area contributed by atoms with Gasteiger partial charge in [0.15, 0.2) is 0 Å². The summed E-state index contributed by atoms with van der Waals surface area (Å²) >= 11 is 0. The smallest absolute Gasteiger partial charge is 0.256 e. The Kier molecular flexibility index (Phi) is 5.62. The fourth-order valence-electron chi connectivity index (χ4n) is 4.20. The molecule has 1 aromatic heterocycles. The van der Waals surface area contributed by atoms with Crippen LogP contribution in [0.15, 0.2) is 53.3 Å². The molecule has 0 aliphatic carbocycles. The number of rotatable bonds is 4. The molecule has 158 valence electrons. The maximum atomic E-state index is 12.8. The van der Waals surface area contributed by atoms with E-state index in [-0.39, 0.29) is 12.2 Å². The first-order valence-corrected chi connectivity index (χ1v) is 10.0. The highest BCUT2D eigenvalue weighted by Gasteiger charge is 2.42. The van der Waals surface area contributed by atoms with Crippen LogP contribution in [-0.4, -0.2) is 57.4 Å². The zero-order valence-electron chi connectivity index (χ0n) is 16.9. The summed E-state index contributed by atoms with van der Waals surface area (Å²) in [5.41, 5.74) is 3.59. The van der Waals surface area contributed by atoms with Crippen LogP contribution in [0.25, 0.3) is 22.0 Å². The number of aliphatic hydroxyl groups excluding tert-OH is 3. The Hall–Kier alpha value is -2.71. The second kappa shape index (κ2) is 8.20. The number of pyridine rings is 1. The molecule has 1 fully saturated rings. The molecule has 7 heteroatoms. The van der Waals surface area contributed by atoms with Crippen molar-refractivity contribution < 1.29 is 20.1 Å². The summed E-state index contributed by atoms with van der Waals surface area (Å²) < 4.78 is 5.61. The van der Waals surface area contributed by atoms with Gasteiger partial charge in [0.1, 0.15) is 18.3 Å². The first-order valence-electron chi connectivity index (χ1n) is 10.0. The third-order valence-corrected chi connectivity index (χ3v) is 5.84. The van der Waals surface area contributed by atoms with Crippen molar-refractivity contribution in [1.29, 1.82) is 0 Å². The standard InChI is InChI=1S/C23H26N2O5/c1-12-16-9-8-15(24-20-13(2)30-18(11-26)21(27)22(20)28)10-17(16)25-23(29)19(12)14-6-4-3-5-7-14/h3-10,13,18,20-22,24,26-28H,11H2,1-2H3,(H,25,29). The number of anilines is 1. The predicted molar refractivity (Wildman–Crippen MR) is 116 cm³/mol. The van der Waals surface area contributed by atoms with Crippen LogP contribution in [0.3, 0.4) is 0 Å². The molecule has 0 radical (unpaired) electrons. The number of hydrogen-bond donors (Lipinski definition) is 5. The summed E-state index contributed by atoms with van der Waals surface area (Å²) in [7, 11) is 0. The molecule has 5 atom stereocenters. The molecule has 1 aliphatic rings. The Labute approximate surface area is 174 Å². The second-order valence-corrected chi connectivity index (χ2v) is 7.79. The zero-order chi connectivity index (χ0) is 21.4. The van der Waals surface area contributed by atoms with Crippen molar-refractivity contribution in [2.75, 3.05) is 11.9 Å². The Morgan fingerprint density at radius 3 is 2.53 bits per heavy atom. The summed E-state index contributed by atoms with van der Waals surface area (Å²) in [6.45, 7) is 3.34. The number of nitrogens with one attached hydrogen (secondary N) is 2. The molecule has 3 aromatic rings. The summed E-state index contributed by atoms with van der Waals surface area (Å²) in [6.07, 6.45) is -3.56. The number of aryl methyl sites for hydroxylation is 1. The van der Waals surface area contributed by atoms with Gasteiger partial charge in [0.2, 0.25) is 0 Å². The topological polar surface area (TPSA) is 115 Å². The number of aromatic nitrogens is 1. The average molecular weight is 410 g/mol. The number of aliphatic hydroxyl groups is 3. The quantitative estimate of drug-likeness (QED) is 0.448. The van der Waals surface area contributed by atoms with Crippen LogP contribution in [0.4, 0.5) is 5.69 Å². The highest BCUT2D eigenvalue weighted by Crippen LogP contribution is 2.29. The Bertz CT molecular complexity index is 1100. The van der Waals surface area contributed by atoms with E-state index in [9.17, 15) is 20.1 Å². The van der Waals surface area contributed by atoms with Gasteiger partial charge in [-0.3, -0.25) is 4.79 Å². The molecule has 5 unspecified atom stereocenters. The number of benzene rings is 2. The molecule has 0 spiro atoms. The van der Waals surface area contributed by atoms with E-state index in [0.29, 0.717) is 16.8 Å². The molecule has 1 aliphatic heterocycles. The van der Waals surface area contributed by atoms with Crippen molar-refractivity contribution in [3.63, 3.8) is 0 Å². The van der Waals surface area contributed by atoms with Gasteiger partial charge >= 0.3 is 0 Å². The monoisotopic (exact) mass is 410 g/mol. The van der Waals surface area contributed by atoms with Gasteiger partial charge in [-0.1, -0.05) is 36.4 Å². The normalized spacial score (nSPS) is 26.6. The predicted octanol–water partition coefficient (Wildman–Crippen LogP) is 1.79. The van der Waals surface area contributed by atoms with E-state index < -0.39 is 30.5 Å². The summed E-state index contributed by atoms with van der Waals surface area (Å²) in [4.78, 5) is 15.7. The first-order chi connectivity index (χ1) is 14.4. The van der Waals surface area contributed by atoms with Crippen LogP contribution in [0.2, 0.25) is 0 Å². The summed E-state index contributed by atoms with van der Waals surface area (Å²) in [5, 5.41) is 34.1. The van der Waals surface area contributed by atoms with E-state index in [2.05, 4.69) is 10.3 Å². The van der Waals surface area contributed by atoms with Crippen molar-refractivity contribution in [3.05, 3.63) is 64.4 Å². The number of H-pyrrole nitrogens is 1. The maximum Gasteiger partial charge on any atom is 0.256 e. The van der Waals surface area contributed by atoms with E-state index in [1.165, 1.54) is 0 Å². The Morgan fingerprint density at radius 1 is 1.10 bits per heavy atom. The fourth-order valence-corrected chi connectivity index (χ4v) is 4.20. The minimum Gasteiger partial charge on any atom is -0.394 e. The van der Waals surface area contributed by atoms with Crippen LogP contribution in [-0.2, 0) is 4.74 Å². The van der Waals surface area contributed by atoms with Gasteiger partial charge in [0, 0.05) is 11.1 Å². The number of hydrogen-bond acceptors (Lipinski definition) is 6. The third-order valence-electron chi connectivity index (χ3n) is 5.84. The highest BCUT2D eigenvalue weighted by atomic mass is 16.5. The molecule has 30 heavy (non-hydrogen) atoms. The molecule has 0 bridgehead atoms. The molecule has 4 rings (SSSR count). The molecule has 2 heterocycles. The van der Waals surface area contributed by atoms with Crippen LogP contribution in [0.1, 0.15) is 12.5 Å². The number of ether oxygens (including phenoxy) is 1. The van der Waals surface area contributed by atoms with Gasteiger partial charge in [-0.15, -0.1) is 0 Å². The van der Waals surface area contributed by atoms with Crippen molar-refractivity contribution in [3.8, 4) is 11.1 Å². The molecular weight excluding hydrogens is 384 g/mol. The van der Waals surface area contributed by atoms with E-state index in [4.69, 9.17) is 4.74 Å². The van der Waals surface area contributed by atoms with E-state index in [0.717, 1.165) is 16.5 Å². The highest BCUT2D eigenvalue weighted by molar-refractivity contribution is 5.90. The molecule has 7 nitrogen and oxygen atoms in total. The van der Waals surface area contributed by atoms with Gasteiger partial charge in [-0.2, -0.15) is 0 Å². The number of aromatic amines is 1. The lowest BCUT2D eigenvalue weighted by molar-refractivity contribution is -0.180. The van der Waals surface area contributed by atoms with Gasteiger partial charge in [0.25, 0.3) is 5.56 Å². The molecule has 0 amide bonds. The van der Waals surface area contributed by atoms with E-state index >= 15 is 0 Å². The molecule has 0 saturated carbocycles. The lowest BCUT2D eigenvalue weighted by atomic mass is 9.93. The zero-order valence-corrected chi connectivity index (χ0v) is 16.9. The average Bonchev–Trinajstić information content (AvgIpc) is 2.74. The van der Waals surface area contributed by atoms with Crippen LogP contribution in [0.5, 0.6) is 0 Å². The minimum absolute atomic E-state index is 0.168. The minimum atomic E-state index is -1.19. The lowest BCUT2D eigenvalue weighted by Crippen LogP contribution is -2.60. The molecule has 2 aromatic carbocycles. The first kappa shape index (κ1) is 20.6. The van der Waals surface area contributed by atoms with Gasteiger partial charge in [0.05, 0.1) is 29.8 Å². The van der Waals surface area contributed by atoms with Crippen molar-refractivity contribution in [2.45, 2.75) is 44.3 Å². The van der Waals surface area contributed by atoms with Crippen LogP contribution in [0, 0.1) is 6.92 Å². The Balaban J connectivity index is 1.67. The van der Waals surface area contributed by atoms with Gasteiger partial charge < -0.3 is 30.4 Å². The van der Waals surface area contributed by atoms with Gasteiger partial charge in [-0.25, -0.2) is 0 Å². The third kappa shape index (κ3) is 3.61. The van der Waals surface area contributed by atoms with E-state index in [1.54, 1.807) is 6.92 Å². The van der Waals surface area contributed by atoms with Crippen LogP contribution >= 0.6 is 0 Å². The fraction of sp³-hybridized carbons (Fsp3) is 0.348. The summed E-state index contributed by atoms with van der Waals surface area (Å²) in [6, 6.07) is 14.6. The van der Waals surface area contributed by atoms with Crippen molar-refractivity contribution in [2.24, 2.45) is 0 Å². The SMILES string of the molecule is Cc1c(-c2ccccc2)c(=O)[nH]c2cc(NC3C(C)OC(CO)C(O)C3O)ccc12. The molecule has 1 saturated heterocycles. The second-order valence-electron chi connectivity index (χ2n) is 7.79. The maximum absolute atomic E-state index is 12.8. The lowest BCUT2D eigenvalue weighted by Gasteiger charge is -2.41. The largest absolute Gasteiger partial charge is 0.394 e. The van der Waals surface area contributed by atoms with Crippen LogP contribution < -0.4 is 10.9 Å². The van der Waals surface area contributed by atoms with E-state index in [1.807, 2.05) is 55.5 Å².